The Morgan fingerprint density at radius 1 is 0.735 bits per heavy atom. The maximum atomic E-state index is 3.68. The molecule has 3 unspecified atom stereocenters. The predicted molar refractivity (Wildman–Crippen MR) is 146 cm³/mol. The minimum absolute atomic E-state index is 0.0361. The number of hydrogen-bond donors (Lipinski definition) is 1. The van der Waals surface area contributed by atoms with Crippen LogP contribution in [0.3, 0.4) is 0 Å². The Hall–Kier alpha value is -3.06. The molecule has 0 spiro atoms. The summed E-state index contributed by atoms with van der Waals surface area (Å²) in [5.41, 5.74) is 8.27. The van der Waals surface area contributed by atoms with Gasteiger partial charge in [-0.3, -0.25) is 0 Å². The molecular weight excluding hydrogens is 410 g/mol. The molecule has 1 nitrogen and oxygen atoms in total. The van der Waals surface area contributed by atoms with Gasteiger partial charge in [0.15, 0.2) is 0 Å². The minimum atomic E-state index is -0.102. The highest BCUT2D eigenvalue weighted by Gasteiger charge is 2.57. The maximum Gasteiger partial charge on any atom is 0.0465 e. The van der Waals surface area contributed by atoms with E-state index in [1.807, 2.05) is 0 Å². The smallest absolute Gasteiger partial charge is 0.0465 e. The highest BCUT2D eigenvalue weighted by molar-refractivity contribution is 6.07. The third-order valence-electron chi connectivity index (χ3n) is 8.48. The molecule has 0 saturated carbocycles. The van der Waals surface area contributed by atoms with Crippen molar-refractivity contribution in [3.8, 4) is 0 Å². The highest BCUT2D eigenvalue weighted by atomic mass is 14.7. The number of benzene rings is 3. The largest absolute Gasteiger partial charge is 0.355 e. The molecule has 3 atom stereocenters. The molecule has 3 aromatic carbocycles. The zero-order valence-corrected chi connectivity index (χ0v) is 21.2. The van der Waals surface area contributed by atoms with Gasteiger partial charge in [0.05, 0.1) is 0 Å². The molecule has 1 N–H and O–H groups in total. The van der Waals surface area contributed by atoms with Gasteiger partial charge >= 0.3 is 0 Å². The fraction of sp³-hybridized carbons (Fsp3) is 0.333. The van der Waals surface area contributed by atoms with Crippen molar-refractivity contribution < 1.29 is 0 Å². The van der Waals surface area contributed by atoms with Crippen LogP contribution in [0, 0.1) is 11.3 Å². The van der Waals surface area contributed by atoms with Crippen molar-refractivity contribution in [3.63, 3.8) is 0 Å². The van der Waals surface area contributed by atoms with Crippen LogP contribution in [0.15, 0.2) is 85.0 Å². The van der Waals surface area contributed by atoms with Gasteiger partial charge in [0, 0.05) is 39.1 Å². The molecule has 1 aromatic heterocycles. The zero-order chi connectivity index (χ0) is 23.9. The van der Waals surface area contributed by atoms with Crippen LogP contribution in [-0.4, -0.2) is 4.98 Å². The van der Waals surface area contributed by atoms with E-state index in [0.29, 0.717) is 11.8 Å². The fourth-order valence-electron chi connectivity index (χ4n) is 6.94. The SMILES string of the molecule is CC(C)(C)c1ccc2[nH]c3ccc(C4(C(C)(C)C)c5ccccc5C5C=CC=CC54)cc3c2c1. The molecule has 2 aliphatic carbocycles. The van der Waals surface area contributed by atoms with Gasteiger partial charge in [0.25, 0.3) is 0 Å². The Morgan fingerprint density at radius 3 is 2.15 bits per heavy atom. The van der Waals surface area contributed by atoms with Crippen LogP contribution in [0.5, 0.6) is 0 Å². The summed E-state index contributed by atoms with van der Waals surface area (Å²) in [4.78, 5) is 3.68. The van der Waals surface area contributed by atoms with Crippen molar-refractivity contribution in [3.05, 3.63) is 107 Å². The summed E-state index contributed by atoms with van der Waals surface area (Å²) in [5.74, 6) is 0.828. The van der Waals surface area contributed by atoms with Gasteiger partial charge in [-0.2, -0.15) is 0 Å². The highest BCUT2D eigenvalue weighted by Crippen LogP contribution is 2.63. The molecule has 0 radical (unpaired) electrons. The second-order valence-corrected chi connectivity index (χ2v) is 12.4. The van der Waals surface area contributed by atoms with E-state index in [4.69, 9.17) is 0 Å². The first kappa shape index (κ1) is 21.5. The molecule has 4 aromatic rings. The molecule has 2 aliphatic rings. The summed E-state index contributed by atoms with van der Waals surface area (Å²) in [7, 11) is 0. The summed E-state index contributed by atoms with van der Waals surface area (Å²) in [6.07, 6.45) is 9.37. The van der Waals surface area contributed by atoms with Crippen LogP contribution < -0.4 is 0 Å². The lowest BCUT2D eigenvalue weighted by atomic mass is 9.54. The average molecular weight is 446 g/mol. The summed E-state index contributed by atoms with van der Waals surface area (Å²) < 4.78 is 0. The van der Waals surface area contributed by atoms with Crippen LogP contribution in [0.1, 0.15) is 69.7 Å². The van der Waals surface area contributed by atoms with E-state index in [9.17, 15) is 0 Å². The monoisotopic (exact) mass is 445 g/mol. The first-order valence-electron chi connectivity index (χ1n) is 12.6. The van der Waals surface area contributed by atoms with Crippen molar-refractivity contribution >= 4 is 21.8 Å². The quantitative estimate of drug-likeness (QED) is 0.301. The lowest BCUT2D eigenvalue weighted by Gasteiger charge is -2.48. The van der Waals surface area contributed by atoms with Gasteiger partial charge in [-0.15, -0.1) is 0 Å². The van der Waals surface area contributed by atoms with Crippen LogP contribution in [0.25, 0.3) is 21.8 Å². The van der Waals surface area contributed by atoms with E-state index < -0.39 is 0 Å². The average Bonchev–Trinajstić information content (AvgIpc) is 3.31. The first-order valence-corrected chi connectivity index (χ1v) is 12.6. The number of fused-ring (bicyclic) bond motifs is 6. The molecule has 0 bridgehead atoms. The number of hydrogen-bond acceptors (Lipinski definition) is 0. The predicted octanol–water partition coefficient (Wildman–Crippen LogP) is 8.79. The maximum absolute atomic E-state index is 3.68. The third kappa shape index (κ3) is 2.79. The number of allylic oxidation sites excluding steroid dienone is 4. The van der Waals surface area contributed by atoms with Crippen molar-refractivity contribution in [2.45, 2.75) is 58.3 Å². The molecule has 0 aliphatic heterocycles. The van der Waals surface area contributed by atoms with Gasteiger partial charge in [0.1, 0.15) is 0 Å². The molecule has 172 valence electrons. The van der Waals surface area contributed by atoms with E-state index >= 15 is 0 Å². The van der Waals surface area contributed by atoms with Crippen LogP contribution in [0.2, 0.25) is 0 Å². The number of H-pyrrole nitrogens is 1. The summed E-state index contributed by atoms with van der Waals surface area (Å²) >= 11 is 0. The van der Waals surface area contributed by atoms with Crippen molar-refractivity contribution in [1.82, 2.24) is 4.98 Å². The Balaban J connectivity index is 1.67. The topological polar surface area (TPSA) is 15.8 Å². The molecule has 1 heteroatoms. The number of aromatic nitrogens is 1. The molecule has 0 saturated heterocycles. The Labute approximate surface area is 203 Å². The Kier molecular flexibility index (Phi) is 4.41. The fourth-order valence-corrected chi connectivity index (χ4v) is 6.94. The molecular formula is C33H35N. The number of nitrogens with one attached hydrogen (secondary N) is 1. The molecule has 0 amide bonds. The van der Waals surface area contributed by atoms with E-state index in [1.165, 1.54) is 44.1 Å². The van der Waals surface area contributed by atoms with Crippen LogP contribution >= 0.6 is 0 Å². The van der Waals surface area contributed by atoms with Gasteiger partial charge in [-0.1, -0.05) is 102 Å². The molecule has 6 rings (SSSR count). The standard InChI is InChI=1S/C33H35N/c1-31(2,3)21-15-17-29-25(19-21)26-20-22(16-18-30(26)34-29)33(32(4,5)6)27-13-9-7-11-23(27)24-12-8-10-14-28(24)33/h7-20,23,27,34H,1-6H3. The molecule has 1 heterocycles. The van der Waals surface area contributed by atoms with Gasteiger partial charge in [-0.25, -0.2) is 0 Å². The zero-order valence-electron chi connectivity index (χ0n) is 21.2. The number of aromatic amines is 1. The van der Waals surface area contributed by atoms with Gasteiger partial charge < -0.3 is 4.98 Å². The second kappa shape index (κ2) is 6.98. The van der Waals surface area contributed by atoms with E-state index in [2.05, 4.69) is 131 Å². The molecule has 34 heavy (non-hydrogen) atoms. The number of rotatable bonds is 1. The summed E-state index contributed by atoms with van der Waals surface area (Å²) in [6.45, 7) is 14.2. The summed E-state index contributed by atoms with van der Waals surface area (Å²) in [6, 6.07) is 23.3. The van der Waals surface area contributed by atoms with E-state index in [0.717, 1.165) is 0 Å². The minimum Gasteiger partial charge on any atom is -0.355 e. The van der Waals surface area contributed by atoms with Gasteiger partial charge in [-0.05, 0) is 57.3 Å². The normalized spacial score (nSPS) is 24.1. The summed E-state index contributed by atoms with van der Waals surface area (Å²) in [5, 5.41) is 2.66. The van der Waals surface area contributed by atoms with Crippen molar-refractivity contribution in [2.24, 2.45) is 11.3 Å². The third-order valence-corrected chi connectivity index (χ3v) is 8.48. The van der Waals surface area contributed by atoms with Gasteiger partial charge in [0.2, 0.25) is 0 Å². The van der Waals surface area contributed by atoms with Crippen molar-refractivity contribution in [2.75, 3.05) is 0 Å². The van der Waals surface area contributed by atoms with Crippen molar-refractivity contribution in [1.29, 1.82) is 0 Å². The first-order chi connectivity index (χ1) is 16.1. The Bertz CT molecular complexity index is 1480. The van der Waals surface area contributed by atoms with Crippen LogP contribution in [-0.2, 0) is 10.8 Å². The molecule has 0 fully saturated rings. The van der Waals surface area contributed by atoms with E-state index in [-0.39, 0.29) is 16.2 Å². The lowest BCUT2D eigenvalue weighted by molar-refractivity contribution is 0.180. The van der Waals surface area contributed by atoms with E-state index in [1.54, 1.807) is 0 Å². The lowest BCUT2D eigenvalue weighted by Crippen LogP contribution is -2.45. The second-order valence-electron chi connectivity index (χ2n) is 12.4. The van der Waals surface area contributed by atoms with Crippen LogP contribution in [0.4, 0.5) is 0 Å². The Morgan fingerprint density at radius 2 is 1.41 bits per heavy atom.